The summed E-state index contributed by atoms with van der Waals surface area (Å²) in [5.74, 6) is 1.37. The minimum Gasteiger partial charge on any atom is -0.370 e. The molecule has 118 valence electrons. The van der Waals surface area contributed by atoms with Crippen LogP contribution in [0.2, 0.25) is 0 Å². The number of nitrogens with one attached hydrogen (secondary N) is 2. The first-order valence-electron chi connectivity index (χ1n) is 7.11. The van der Waals surface area contributed by atoms with E-state index in [0.717, 1.165) is 37.4 Å². The van der Waals surface area contributed by atoms with Crippen LogP contribution >= 0.6 is 24.0 Å². The number of unbranched alkanes of at least 4 members (excludes halogenated alkanes) is 1. The Balaban J connectivity index is 0.00000242. The van der Waals surface area contributed by atoms with Crippen LogP contribution < -0.4 is 16.4 Å². The van der Waals surface area contributed by atoms with Gasteiger partial charge in [0.1, 0.15) is 5.82 Å². The maximum Gasteiger partial charge on any atom is 0.193 e. The third-order valence-electron chi connectivity index (χ3n) is 2.88. The fourth-order valence-corrected chi connectivity index (χ4v) is 1.83. The molecule has 1 aromatic heterocycles. The minimum atomic E-state index is 0. The summed E-state index contributed by atoms with van der Waals surface area (Å²) < 4.78 is 0. The number of hydrogen-bond donors (Lipinski definition) is 3. The molecule has 0 bridgehead atoms. The highest BCUT2D eigenvalue weighted by atomic mass is 127. The lowest BCUT2D eigenvalue weighted by atomic mass is 10.3. The zero-order valence-corrected chi connectivity index (χ0v) is 14.7. The van der Waals surface area contributed by atoms with Crippen LogP contribution in [-0.4, -0.2) is 24.0 Å². The zero-order chi connectivity index (χ0) is 14.8. The van der Waals surface area contributed by atoms with E-state index in [2.05, 4.69) is 20.6 Å². The number of rotatable bonds is 7. The molecule has 1 heterocycles. The fourth-order valence-electron chi connectivity index (χ4n) is 1.83. The Morgan fingerprint density at radius 2 is 1.82 bits per heavy atom. The number of guanidine groups is 1. The average Bonchev–Trinajstić information content (AvgIpc) is 2.53. The normalized spacial score (nSPS) is 10.6. The van der Waals surface area contributed by atoms with Gasteiger partial charge in [-0.2, -0.15) is 0 Å². The Kier molecular flexibility index (Phi) is 8.97. The maximum atomic E-state index is 5.82. The number of para-hydroxylation sites is 1. The van der Waals surface area contributed by atoms with Crippen LogP contribution in [0, 0.1) is 0 Å². The van der Waals surface area contributed by atoms with Gasteiger partial charge in [-0.05, 0) is 37.1 Å². The second kappa shape index (κ2) is 10.8. The molecule has 5 nitrogen and oxygen atoms in total. The van der Waals surface area contributed by atoms with Gasteiger partial charge in [-0.1, -0.05) is 24.3 Å². The van der Waals surface area contributed by atoms with Crippen LogP contribution in [-0.2, 0) is 0 Å². The van der Waals surface area contributed by atoms with Gasteiger partial charge < -0.3 is 16.4 Å². The van der Waals surface area contributed by atoms with Crippen molar-refractivity contribution in [2.75, 3.05) is 23.7 Å². The van der Waals surface area contributed by atoms with Gasteiger partial charge in [0.2, 0.25) is 0 Å². The van der Waals surface area contributed by atoms with Crippen molar-refractivity contribution in [3.05, 3.63) is 54.7 Å². The molecule has 0 aliphatic carbocycles. The molecule has 6 heteroatoms. The number of pyridine rings is 1. The second-order valence-electron chi connectivity index (χ2n) is 4.61. The number of halogens is 1. The molecule has 0 atom stereocenters. The summed E-state index contributed by atoms with van der Waals surface area (Å²) in [6.45, 7) is 1.61. The summed E-state index contributed by atoms with van der Waals surface area (Å²) in [4.78, 5) is 8.51. The molecule has 1 aromatic carbocycles. The van der Waals surface area contributed by atoms with E-state index in [1.807, 2.05) is 48.5 Å². The molecule has 0 fully saturated rings. The number of nitrogens with two attached hydrogens (primary N) is 1. The number of hydrogen-bond acceptors (Lipinski definition) is 3. The molecule has 0 unspecified atom stereocenters. The number of aliphatic imine (C=N–C) groups is 1. The number of nitrogens with zero attached hydrogens (tertiary/aromatic N) is 2. The molecule has 0 spiro atoms. The van der Waals surface area contributed by atoms with Crippen LogP contribution in [0.5, 0.6) is 0 Å². The molecule has 22 heavy (non-hydrogen) atoms. The first-order valence-corrected chi connectivity index (χ1v) is 7.11. The van der Waals surface area contributed by atoms with Gasteiger partial charge in [-0.3, -0.25) is 4.99 Å². The first-order chi connectivity index (χ1) is 10.3. The average molecular weight is 411 g/mol. The molecule has 0 aliphatic heterocycles. The van der Waals surface area contributed by atoms with E-state index in [0.29, 0.717) is 5.96 Å². The van der Waals surface area contributed by atoms with Crippen molar-refractivity contribution < 1.29 is 0 Å². The van der Waals surface area contributed by atoms with E-state index in [1.54, 1.807) is 6.20 Å². The first kappa shape index (κ1) is 18.2. The topological polar surface area (TPSA) is 75.3 Å². The smallest absolute Gasteiger partial charge is 0.193 e. The molecule has 0 saturated carbocycles. The third kappa shape index (κ3) is 7.26. The van der Waals surface area contributed by atoms with Crippen LogP contribution in [0.15, 0.2) is 59.7 Å². The van der Waals surface area contributed by atoms with E-state index in [-0.39, 0.29) is 24.0 Å². The van der Waals surface area contributed by atoms with E-state index >= 15 is 0 Å². The van der Waals surface area contributed by atoms with Gasteiger partial charge in [0.05, 0.1) is 0 Å². The van der Waals surface area contributed by atoms with Gasteiger partial charge in [-0.25, -0.2) is 4.98 Å². The molecule has 0 aliphatic rings. The molecule has 0 amide bonds. The number of benzene rings is 1. The highest BCUT2D eigenvalue weighted by Gasteiger charge is 1.94. The summed E-state index contributed by atoms with van der Waals surface area (Å²) in [5.41, 5.74) is 6.78. The molecule has 2 aromatic rings. The molecular weight excluding hydrogens is 389 g/mol. The number of anilines is 2. The van der Waals surface area contributed by atoms with Gasteiger partial charge in [-0.15, -0.1) is 24.0 Å². The van der Waals surface area contributed by atoms with Crippen molar-refractivity contribution in [2.24, 2.45) is 10.7 Å². The van der Waals surface area contributed by atoms with E-state index < -0.39 is 0 Å². The van der Waals surface area contributed by atoms with Gasteiger partial charge in [0.15, 0.2) is 5.96 Å². The minimum absolute atomic E-state index is 0. The lowest BCUT2D eigenvalue weighted by Crippen LogP contribution is -2.22. The third-order valence-corrected chi connectivity index (χ3v) is 2.88. The van der Waals surface area contributed by atoms with Gasteiger partial charge in [0.25, 0.3) is 0 Å². The molecular formula is C16H22IN5. The van der Waals surface area contributed by atoms with Gasteiger partial charge >= 0.3 is 0 Å². The molecule has 4 N–H and O–H groups in total. The largest absolute Gasteiger partial charge is 0.370 e. The summed E-state index contributed by atoms with van der Waals surface area (Å²) in [6.07, 6.45) is 3.79. The lowest BCUT2D eigenvalue weighted by Gasteiger charge is -2.06. The zero-order valence-electron chi connectivity index (χ0n) is 12.4. The van der Waals surface area contributed by atoms with E-state index in [9.17, 15) is 0 Å². The quantitative estimate of drug-likeness (QED) is 0.283. The Morgan fingerprint density at radius 3 is 2.55 bits per heavy atom. The monoisotopic (exact) mass is 411 g/mol. The van der Waals surface area contributed by atoms with Crippen LogP contribution in [0.1, 0.15) is 12.8 Å². The van der Waals surface area contributed by atoms with Crippen LogP contribution in [0.4, 0.5) is 11.5 Å². The van der Waals surface area contributed by atoms with E-state index in [4.69, 9.17) is 5.73 Å². The van der Waals surface area contributed by atoms with Crippen molar-refractivity contribution >= 4 is 41.4 Å². The van der Waals surface area contributed by atoms with Crippen LogP contribution in [0.3, 0.4) is 0 Å². The molecule has 0 saturated heterocycles. The van der Waals surface area contributed by atoms with Crippen molar-refractivity contribution in [1.29, 1.82) is 0 Å². The maximum absolute atomic E-state index is 5.82. The standard InChI is InChI=1S/C16H21N5.HI/c17-16(21-14-8-2-1-3-9-14)20-13-7-6-12-19-15-10-4-5-11-18-15;/h1-5,8-11H,6-7,12-13H2,(H,18,19)(H3,17,20,21);1H. The second-order valence-corrected chi connectivity index (χ2v) is 4.61. The van der Waals surface area contributed by atoms with E-state index in [1.165, 1.54) is 0 Å². The highest BCUT2D eigenvalue weighted by molar-refractivity contribution is 14.0. The van der Waals surface area contributed by atoms with Crippen molar-refractivity contribution in [1.82, 2.24) is 4.98 Å². The Hall–Kier alpha value is -1.83. The predicted octanol–water partition coefficient (Wildman–Crippen LogP) is 3.32. The Bertz CT molecular complexity index is 545. The molecule has 2 rings (SSSR count). The van der Waals surface area contributed by atoms with Crippen molar-refractivity contribution in [2.45, 2.75) is 12.8 Å². The lowest BCUT2D eigenvalue weighted by molar-refractivity contribution is 0.772. The van der Waals surface area contributed by atoms with Crippen LogP contribution in [0.25, 0.3) is 0 Å². The van der Waals surface area contributed by atoms with Gasteiger partial charge in [0, 0.05) is 25.0 Å². The SMILES string of the molecule is I.NC(=NCCCCNc1ccccn1)Nc1ccccc1. The summed E-state index contributed by atoms with van der Waals surface area (Å²) in [7, 11) is 0. The van der Waals surface area contributed by atoms with Crippen molar-refractivity contribution in [3.8, 4) is 0 Å². The highest BCUT2D eigenvalue weighted by Crippen LogP contribution is 2.04. The Labute approximate surface area is 148 Å². The predicted molar refractivity (Wildman–Crippen MR) is 104 cm³/mol. The fraction of sp³-hybridized carbons (Fsp3) is 0.250. The van der Waals surface area contributed by atoms with Crippen molar-refractivity contribution in [3.63, 3.8) is 0 Å². The summed E-state index contributed by atoms with van der Waals surface area (Å²) in [6, 6.07) is 15.6. The Morgan fingerprint density at radius 1 is 1.05 bits per heavy atom. The molecule has 0 radical (unpaired) electrons. The number of aromatic nitrogens is 1. The summed E-state index contributed by atoms with van der Waals surface area (Å²) in [5, 5.41) is 6.33. The summed E-state index contributed by atoms with van der Waals surface area (Å²) >= 11 is 0.